The van der Waals surface area contributed by atoms with Crippen molar-refractivity contribution in [1.29, 1.82) is 0 Å². The summed E-state index contributed by atoms with van der Waals surface area (Å²) in [5.41, 5.74) is 3.01. The highest BCUT2D eigenvalue weighted by atomic mass is 14.3. The van der Waals surface area contributed by atoms with E-state index in [2.05, 4.69) is 62.4 Å². The van der Waals surface area contributed by atoms with Crippen molar-refractivity contribution in [1.82, 2.24) is 0 Å². The Bertz CT molecular complexity index is 595. The van der Waals surface area contributed by atoms with Crippen molar-refractivity contribution < 1.29 is 0 Å². The number of allylic oxidation sites excluding steroid dienone is 4. The predicted molar refractivity (Wildman–Crippen MR) is 64.6 cm³/mol. The van der Waals surface area contributed by atoms with E-state index in [0.29, 0.717) is 0 Å². The lowest BCUT2D eigenvalue weighted by Gasteiger charge is -2.26. The van der Waals surface area contributed by atoms with Crippen LogP contribution in [0.15, 0.2) is 48.1 Å². The molecule has 1 aromatic carbocycles. The van der Waals surface area contributed by atoms with Gasteiger partial charge in [-0.1, -0.05) is 56.3 Å². The number of hydrogen-bond donors (Lipinski definition) is 0. The van der Waals surface area contributed by atoms with Crippen LogP contribution in [-0.2, 0) is 0 Å². The fraction of sp³-hybridized carbons (Fsp3) is 0.200. The van der Waals surface area contributed by atoms with Crippen LogP contribution >= 0.6 is 0 Å². The molecule has 0 saturated heterocycles. The van der Waals surface area contributed by atoms with Crippen LogP contribution in [0.5, 0.6) is 0 Å². The van der Waals surface area contributed by atoms with Gasteiger partial charge in [0.2, 0.25) is 0 Å². The minimum atomic E-state index is 0.160. The molecule has 0 unspecified atom stereocenters. The van der Waals surface area contributed by atoms with Crippen molar-refractivity contribution in [2.45, 2.75) is 13.8 Å². The Morgan fingerprint density at radius 3 is 2.73 bits per heavy atom. The average Bonchev–Trinajstić information content (AvgIpc) is 2.56. The third-order valence-electron chi connectivity index (χ3n) is 3.26. The van der Waals surface area contributed by atoms with Crippen LogP contribution in [0.2, 0.25) is 0 Å². The largest absolute Gasteiger partial charge is 0.0744 e. The molecule has 0 fully saturated rings. The van der Waals surface area contributed by atoms with Crippen LogP contribution in [-0.4, -0.2) is 0 Å². The molecule has 74 valence electrons. The highest BCUT2D eigenvalue weighted by molar-refractivity contribution is 5.86. The lowest BCUT2D eigenvalue weighted by molar-refractivity contribution is 0.644. The van der Waals surface area contributed by atoms with Crippen LogP contribution in [0.1, 0.15) is 13.8 Å². The lowest BCUT2D eigenvalue weighted by atomic mass is 9.77. The maximum absolute atomic E-state index is 2.29. The first kappa shape index (κ1) is 8.72. The molecule has 15 heavy (non-hydrogen) atoms. The van der Waals surface area contributed by atoms with E-state index in [9.17, 15) is 0 Å². The van der Waals surface area contributed by atoms with Gasteiger partial charge in [0.25, 0.3) is 0 Å². The first-order valence-electron chi connectivity index (χ1n) is 5.40. The zero-order valence-corrected chi connectivity index (χ0v) is 9.12. The standard InChI is InChI=1S/C15H14/c1-15(2)9-5-7-12-10-11-6-3-4-8-13(11)14(12)15/h3-10H,1-2H3. The summed E-state index contributed by atoms with van der Waals surface area (Å²) >= 11 is 0. The van der Waals surface area contributed by atoms with Gasteiger partial charge in [-0.2, -0.15) is 0 Å². The molecule has 1 aromatic rings. The maximum Gasteiger partial charge on any atom is 0.00905 e. The summed E-state index contributed by atoms with van der Waals surface area (Å²) in [4.78, 5) is 0. The molecule has 0 aliphatic heterocycles. The van der Waals surface area contributed by atoms with Gasteiger partial charge in [-0.05, 0) is 27.7 Å². The first-order valence-corrected chi connectivity index (χ1v) is 5.40. The molecule has 0 atom stereocenters. The van der Waals surface area contributed by atoms with E-state index in [4.69, 9.17) is 0 Å². The van der Waals surface area contributed by atoms with Gasteiger partial charge in [0.15, 0.2) is 0 Å². The number of benzene rings is 1. The summed E-state index contributed by atoms with van der Waals surface area (Å²) < 4.78 is 0. The first-order chi connectivity index (χ1) is 7.18. The summed E-state index contributed by atoms with van der Waals surface area (Å²) in [5, 5.41) is 2.76. The second kappa shape index (κ2) is 2.73. The zero-order chi connectivity index (χ0) is 10.5. The van der Waals surface area contributed by atoms with Crippen LogP contribution in [0.25, 0.3) is 11.6 Å². The number of fused-ring (bicyclic) bond motifs is 2. The third-order valence-corrected chi connectivity index (χ3v) is 3.26. The van der Waals surface area contributed by atoms with Gasteiger partial charge < -0.3 is 0 Å². The Kier molecular flexibility index (Phi) is 1.59. The van der Waals surface area contributed by atoms with Gasteiger partial charge in [0.1, 0.15) is 0 Å². The molecule has 0 amide bonds. The Labute approximate surface area is 89.9 Å². The van der Waals surface area contributed by atoms with E-state index >= 15 is 0 Å². The van der Waals surface area contributed by atoms with Crippen molar-refractivity contribution in [2.75, 3.05) is 0 Å². The molecule has 3 rings (SSSR count). The molecule has 0 spiro atoms. The van der Waals surface area contributed by atoms with Crippen molar-refractivity contribution in [3.8, 4) is 0 Å². The van der Waals surface area contributed by atoms with Crippen LogP contribution in [0.3, 0.4) is 0 Å². The fourth-order valence-corrected chi connectivity index (χ4v) is 2.57. The smallest absolute Gasteiger partial charge is 0.00905 e. The fourth-order valence-electron chi connectivity index (χ4n) is 2.57. The van der Waals surface area contributed by atoms with Gasteiger partial charge in [-0.3, -0.25) is 0 Å². The molecule has 0 bridgehead atoms. The normalized spacial score (nSPS) is 20.4. The summed E-state index contributed by atoms with van der Waals surface area (Å²) in [7, 11) is 0. The van der Waals surface area contributed by atoms with E-state index in [1.165, 1.54) is 21.6 Å². The summed E-state index contributed by atoms with van der Waals surface area (Å²) in [6.07, 6.45) is 8.94. The molecule has 2 aliphatic carbocycles. The van der Waals surface area contributed by atoms with Crippen molar-refractivity contribution in [2.24, 2.45) is 5.41 Å². The monoisotopic (exact) mass is 194 g/mol. The van der Waals surface area contributed by atoms with E-state index < -0.39 is 0 Å². The second-order valence-electron chi connectivity index (χ2n) is 4.81. The molecular formula is C15H14. The van der Waals surface area contributed by atoms with Gasteiger partial charge in [0, 0.05) is 5.41 Å². The Morgan fingerprint density at radius 1 is 1.07 bits per heavy atom. The third kappa shape index (κ3) is 1.14. The van der Waals surface area contributed by atoms with E-state index in [1.54, 1.807) is 0 Å². The molecule has 0 heteroatoms. The van der Waals surface area contributed by atoms with E-state index in [1.807, 2.05) is 0 Å². The van der Waals surface area contributed by atoms with Gasteiger partial charge in [-0.15, -0.1) is 0 Å². The minimum Gasteiger partial charge on any atom is -0.0744 e. The molecule has 0 nitrogen and oxygen atoms in total. The van der Waals surface area contributed by atoms with Crippen molar-refractivity contribution in [3.63, 3.8) is 0 Å². The van der Waals surface area contributed by atoms with Crippen molar-refractivity contribution in [3.05, 3.63) is 58.5 Å². The molecule has 2 aliphatic rings. The van der Waals surface area contributed by atoms with Gasteiger partial charge in [0.05, 0.1) is 0 Å². The summed E-state index contributed by atoms with van der Waals surface area (Å²) in [6, 6.07) is 8.64. The second-order valence-corrected chi connectivity index (χ2v) is 4.81. The molecule has 0 saturated carbocycles. The van der Waals surface area contributed by atoms with Crippen LogP contribution < -0.4 is 10.4 Å². The molecule has 0 heterocycles. The van der Waals surface area contributed by atoms with Gasteiger partial charge >= 0.3 is 0 Å². The predicted octanol–water partition coefficient (Wildman–Crippen LogP) is 2.15. The average molecular weight is 194 g/mol. The highest BCUT2D eigenvalue weighted by Crippen LogP contribution is 2.38. The van der Waals surface area contributed by atoms with Crippen LogP contribution in [0, 0.1) is 5.41 Å². The lowest BCUT2D eigenvalue weighted by Crippen LogP contribution is -2.27. The molecular weight excluding hydrogens is 180 g/mol. The van der Waals surface area contributed by atoms with Crippen LogP contribution in [0.4, 0.5) is 0 Å². The molecule has 0 N–H and O–H groups in total. The Morgan fingerprint density at radius 2 is 1.87 bits per heavy atom. The Hall–Kier alpha value is -1.56. The zero-order valence-electron chi connectivity index (χ0n) is 9.12. The topological polar surface area (TPSA) is 0 Å². The summed E-state index contributed by atoms with van der Waals surface area (Å²) in [5.74, 6) is 0. The Balaban J connectivity index is 2.47. The maximum atomic E-state index is 2.29. The van der Waals surface area contributed by atoms with E-state index in [-0.39, 0.29) is 5.41 Å². The van der Waals surface area contributed by atoms with Gasteiger partial charge in [-0.25, -0.2) is 0 Å². The van der Waals surface area contributed by atoms with Crippen molar-refractivity contribution >= 4 is 11.6 Å². The SMILES string of the molecule is CC1(C)C=CC=C2C=c3ccccc3=C21. The number of rotatable bonds is 0. The molecule has 0 radical (unpaired) electrons. The quantitative estimate of drug-likeness (QED) is 0.593. The molecule has 0 aromatic heterocycles. The number of hydrogen-bond acceptors (Lipinski definition) is 0. The minimum absolute atomic E-state index is 0.160. The van der Waals surface area contributed by atoms with E-state index in [0.717, 1.165) is 0 Å². The summed E-state index contributed by atoms with van der Waals surface area (Å²) in [6.45, 7) is 4.56. The highest BCUT2D eigenvalue weighted by Gasteiger charge is 2.27.